The third-order valence-corrected chi connectivity index (χ3v) is 3.26. The molecule has 1 aromatic rings. The first-order valence-electron chi connectivity index (χ1n) is 5.96. The average molecular weight is 315 g/mol. The van der Waals surface area contributed by atoms with E-state index in [1.807, 2.05) is 0 Å². The van der Waals surface area contributed by atoms with Crippen LogP contribution in [0.4, 0.5) is 13.6 Å². The van der Waals surface area contributed by atoms with Gasteiger partial charge in [-0.1, -0.05) is 12.1 Å². The van der Waals surface area contributed by atoms with Gasteiger partial charge in [-0.2, -0.15) is 8.78 Å². The van der Waals surface area contributed by atoms with Crippen LogP contribution in [0.1, 0.15) is 12.5 Å². The lowest BCUT2D eigenvalue weighted by molar-refractivity contribution is -0.115. The summed E-state index contributed by atoms with van der Waals surface area (Å²) in [5, 5.41) is 1.57. The van der Waals surface area contributed by atoms with Crippen molar-refractivity contribution in [2.24, 2.45) is 0 Å². The number of amides is 2. The van der Waals surface area contributed by atoms with Crippen LogP contribution in [0.15, 0.2) is 23.1 Å². The minimum absolute atomic E-state index is 0.104. The van der Waals surface area contributed by atoms with E-state index in [1.165, 1.54) is 18.2 Å². The van der Waals surface area contributed by atoms with Crippen molar-refractivity contribution in [2.75, 3.05) is 6.61 Å². The Kier molecular flexibility index (Phi) is 4.79. The lowest BCUT2D eigenvalue weighted by Crippen LogP contribution is -2.17. The van der Waals surface area contributed by atoms with E-state index in [0.29, 0.717) is 11.8 Å². The lowest BCUT2D eigenvalue weighted by atomic mass is 10.1. The molecule has 2 amide bonds. The molecule has 0 atom stereocenters. The van der Waals surface area contributed by atoms with E-state index in [4.69, 9.17) is 4.74 Å². The molecule has 0 unspecified atom stereocenters. The van der Waals surface area contributed by atoms with Crippen LogP contribution in [0, 0.1) is 0 Å². The van der Waals surface area contributed by atoms with Crippen molar-refractivity contribution in [3.05, 3.63) is 28.7 Å². The molecule has 1 heterocycles. The van der Waals surface area contributed by atoms with Crippen LogP contribution in [0.25, 0.3) is 6.08 Å². The summed E-state index contributed by atoms with van der Waals surface area (Å²) in [6.45, 7) is -1.06. The van der Waals surface area contributed by atoms with Crippen molar-refractivity contribution < 1.29 is 27.8 Å². The van der Waals surface area contributed by atoms with E-state index in [2.05, 4.69) is 10.1 Å². The van der Waals surface area contributed by atoms with Crippen molar-refractivity contribution >= 4 is 29.0 Å². The number of benzene rings is 1. The van der Waals surface area contributed by atoms with Crippen LogP contribution in [-0.4, -0.2) is 24.4 Å². The zero-order chi connectivity index (χ0) is 15.4. The summed E-state index contributed by atoms with van der Waals surface area (Å²) in [7, 11) is 0. The summed E-state index contributed by atoms with van der Waals surface area (Å²) in [6.07, 6.45) is 1.31. The predicted octanol–water partition coefficient (Wildman–Crippen LogP) is 3.01. The molecule has 1 aliphatic rings. The first-order valence-corrected chi connectivity index (χ1v) is 6.78. The second-order valence-corrected chi connectivity index (χ2v) is 4.85. The molecule has 8 heteroatoms. The van der Waals surface area contributed by atoms with Gasteiger partial charge in [0.05, 0.1) is 11.5 Å². The molecular formula is C13H11F2NO4S. The van der Waals surface area contributed by atoms with Gasteiger partial charge in [-0.25, -0.2) is 0 Å². The van der Waals surface area contributed by atoms with E-state index in [1.54, 1.807) is 13.0 Å². The minimum atomic E-state index is -3.03. The number of halogens is 2. The first-order chi connectivity index (χ1) is 10.0. The number of carbonyl (C=O) groups excluding carboxylic acids is 2. The van der Waals surface area contributed by atoms with Crippen LogP contribution in [-0.2, 0) is 4.79 Å². The fraction of sp³-hybridized carbons (Fsp3) is 0.231. The molecule has 1 fully saturated rings. The number of imide groups is 1. The Morgan fingerprint density at radius 2 is 2.14 bits per heavy atom. The molecule has 21 heavy (non-hydrogen) atoms. The maximum Gasteiger partial charge on any atom is 0.387 e. The highest BCUT2D eigenvalue weighted by Crippen LogP contribution is 2.36. The molecule has 1 saturated heterocycles. The summed E-state index contributed by atoms with van der Waals surface area (Å²) < 4.78 is 34.8. The van der Waals surface area contributed by atoms with Gasteiger partial charge in [0.2, 0.25) is 0 Å². The molecule has 0 aromatic heterocycles. The Balaban J connectivity index is 2.42. The highest BCUT2D eigenvalue weighted by molar-refractivity contribution is 8.18. The van der Waals surface area contributed by atoms with Crippen LogP contribution in [0.2, 0.25) is 0 Å². The number of thioether (sulfide) groups is 1. The van der Waals surface area contributed by atoms with Crippen LogP contribution < -0.4 is 14.8 Å². The lowest BCUT2D eigenvalue weighted by Gasteiger charge is -2.13. The summed E-state index contributed by atoms with van der Waals surface area (Å²) in [6, 6.07) is 4.55. The Morgan fingerprint density at radius 3 is 2.71 bits per heavy atom. The van der Waals surface area contributed by atoms with Gasteiger partial charge in [0.1, 0.15) is 0 Å². The SMILES string of the molecule is CCOc1cccc(/C=C2\SC(=O)NC2=O)c1OC(F)F. The molecule has 0 radical (unpaired) electrons. The van der Waals surface area contributed by atoms with Crippen LogP contribution >= 0.6 is 11.8 Å². The number of hydrogen-bond donors (Lipinski definition) is 1. The smallest absolute Gasteiger partial charge is 0.387 e. The summed E-state index contributed by atoms with van der Waals surface area (Å²) in [4.78, 5) is 22.7. The standard InChI is InChI=1S/C13H11F2NO4S/c1-2-19-8-5-3-4-7(10(8)20-12(14)15)6-9-11(17)16-13(18)21-9/h3-6,12H,2H2,1H3,(H,16,17,18)/b9-6-. The molecule has 112 valence electrons. The Labute approximate surface area is 123 Å². The van der Waals surface area contributed by atoms with Gasteiger partial charge in [-0.05, 0) is 30.8 Å². The van der Waals surface area contributed by atoms with E-state index >= 15 is 0 Å². The van der Waals surface area contributed by atoms with Crippen molar-refractivity contribution in [2.45, 2.75) is 13.5 Å². The summed E-state index contributed by atoms with van der Waals surface area (Å²) >= 11 is 0.693. The maximum atomic E-state index is 12.5. The van der Waals surface area contributed by atoms with Crippen molar-refractivity contribution in [1.29, 1.82) is 0 Å². The van der Waals surface area contributed by atoms with Gasteiger partial charge in [-0.3, -0.25) is 14.9 Å². The molecule has 5 nitrogen and oxygen atoms in total. The highest BCUT2D eigenvalue weighted by atomic mass is 32.2. The van der Waals surface area contributed by atoms with Gasteiger partial charge >= 0.3 is 6.61 Å². The normalized spacial score (nSPS) is 16.5. The second-order valence-electron chi connectivity index (χ2n) is 3.84. The molecule has 1 N–H and O–H groups in total. The van der Waals surface area contributed by atoms with Crippen molar-refractivity contribution in [3.8, 4) is 11.5 Å². The molecular weight excluding hydrogens is 304 g/mol. The number of alkyl halides is 2. The topological polar surface area (TPSA) is 64.6 Å². The number of para-hydroxylation sites is 1. The Bertz CT molecular complexity index is 604. The van der Waals surface area contributed by atoms with Gasteiger partial charge in [-0.15, -0.1) is 0 Å². The zero-order valence-electron chi connectivity index (χ0n) is 10.9. The molecule has 1 aromatic carbocycles. The maximum absolute atomic E-state index is 12.5. The quantitative estimate of drug-likeness (QED) is 0.846. The molecule has 1 aliphatic heterocycles. The van der Waals surface area contributed by atoms with Crippen molar-refractivity contribution in [3.63, 3.8) is 0 Å². The van der Waals surface area contributed by atoms with Gasteiger partial charge < -0.3 is 9.47 Å². The number of nitrogens with one attached hydrogen (secondary N) is 1. The number of carbonyl (C=O) groups is 2. The third-order valence-electron chi connectivity index (χ3n) is 2.44. The zero-order valence-corrected chi connectivity index (χ0v) is 11.7. The molecule has 0 saturated carbocycles. The Hall–Kier alpha value is -2.09. The molecule has 0 aliphatic carbocycles. The van der Waals surface area contributed by atoms with E-state index < -0.39 is 17.8 Å². The second kappa shape index (κ2) is 6.57. The molecule has 0 spiro atoms. The Morgan fingerprint density at radius 1 is 1.38 bits per heavy atom. The monoisotopic (exact) mass is 315 g/mol. The third kappa shape index (κ3) is 3.72. The van der Waals surface area contributed by atoms with E-state index in [0.717, 1.165) is 0 Å². The molecule has 2 rings (SSSR count). The summed E-state index contributed by atoms with van der Waals surface area (Å²) in [5.74, 6) is -0.605. The average Bonchev–Trinajstić information content (AvgIpc) is 2.71. The van der Waals surface area contributed by atoms with E-state index in [9.17, 15) is 18.4 Å². The van der Waals surface area contributed by atoms with Gasteiger partial charge in [0.25, 0.3) is 11.1 Å². The highest BCUT2D eigenvalue weighted by Gasteiger charge is 2.26. The van der Waals surface area contributed by atoms with E-state index in [-0.39, 0.29) is 28.6 Å². The molecule has 0 bridgehead atoms. The number of rotatable bonds is 5. The van der Waals surface area contributed by atoms with Crippen molar-refractivity contribution in [1.82, 2.24) is 5.32 Å². The fourth-order valence-electron chi connectivity index (χ4n) is 1.69. The summed E-state index contributed by atoms with van der Waals surface area (Å²) in [5.41, 5.74) is 0.230. The predicted molar refractivity (Wildman–Crippen MR) is 73.3 cm³/mol. The first kappa shape index (κ1) is 15.3. The number of ether oxygens (including phenoxy) is 2. The van der Waals surface area contributed by atoms with Crippen LogP contribution in [0.3, 0.4) is 0 Å². The van der Waals surface area contributed by atoms with Gasteiger partial charge in [0, 0.05) is 5.56 Å². The van der Waals surface area contributed by atoms with Crippen LogP contribution in [0.5, 0.6) is 11.5 Å². The minimum Gasteiger partial charge on any atom is -0.490 e. The van der Waals surface area contributed by atoms with Gasteiger partial charge in [0.15, 0.2) is 11.5 Å². The number of hydrogen-bond acceptors (Lipinski definition) is 5. The largest absolute Gasteiger partial charge is 0.490 e. The fourth-order valence-corrected chi connectivity index (χ4v) is 2.37.